The lowest BCUT2D eigenvalue weighted by molar-refractivity contribution is -0.137. The van der Waals surface area contributed by atoms with Crippen LogP contribution in [-0.2, 0) is 19.2 Å². The number of nitrogens with one attached hydrogen (secondary N) is 3. The minimum Gasteiger partial charge on any atom is -0.481 e. The standard InChI is InChI=1S/C14H27N7O5S/c15-8(2-1-4-19-14(16)17)12(25)20-6-10(22)21-9(7-27)13(26)18-5-3-11(23)24/h8-9,27H,1-7,15H2,(H,18,26)(H,20,25)(H,21,22)(H,23,24)(H4,16,17,19). The molecule has 0 spiro atoms. The predicted molar refractivity (Wildman–Crippen MR) is 102 cm³/mol. The number of thiol groups is 1. The van der Waals surface area contributed by atoms with Crippen molar-refractivity contribution in [1.82, 2.24) is 16.0 Å². The number of hydrogen-bond donors (Lipinski definition) is 8. The molecule has 2 atom stereocenters. The molecule has 0 heterocycles. The van der Waals surface area contributed by atoms with Gasteiger partial charge in [0.25, 0.3) is 0 Å². The summed E-state index contributed by atoms with van der Waals surface area (Å²) in [6.07, 6.45) is 0.586. The zero-order chi connectivity index (χ0) is 20.8. The maximum absolute atomic E-state index is 11.8. The van der Waals surface area contributed by atoms with Crippen LogP contribution in [0.25, 0.3) is 0 Å². The number of carbonyl (C=O) groups excluding carboxylic acids is 3. The van der Waals surface area contributed by atoms with Crippen molar-refractivity contribution >= 4 is 42.3 Å². The van der Waals surface area contributed by atoms with Crippen molar-refractivity contribution in [1.29, 1.82) is 0 Å². The maximum atomic E-state index is 11.8. The van der Waals surface area contributed by atoms with E-state index in [0.29, 0.717) is 19.4 Å². The Hall–Kier alpha value is -2.54. The number of carbonyl (C=O) groups is 4. The molecule has 0 aromatic rings. The summed E-state index contributed by atoms with van der Waals surface area (Å²) in [6.45, 7) is -0.0999. The molecule has 0 aromatic heterocycles. The van der Waals surface area contributed by atoms with E-state index in [1.165, 1.54) is 0 Å². The fourth-order valence-corrected chi connectivity index (χ4v) is 2.06. The van der Waals surface area contributed by atoms with Gasteiger partial charge < -0.3 is 38.3 Å². The number of carboxylic acid groups (broad SMARTS) is 1. The van der Waals surface area contributed by atoms with E-state index in [2.05, 4.69) is 33.6 Å². The number of aliphatic imine (C=N–C) groups is 1. The summed E-state index contributed by atoms with van der Waals surface area (Å²) in [4.78, 5) is 49.7. The van der Waals surface area contributed by atoms with Crippen molar-refractivity contribution in [3.8, 4) is 0 Å². The molecule has 0 radical (unpaired) electrons. The van der Waals surface area contributed by atoms with Gasteiger partial charge in [0.2, 0.25) is 17.7 Å². The van der Waals surface area contributed by atoms with Crippen LogP contribution in [0, 0.1) is 0 Å². The zero-order valence-corrected chi connectivity index (χ0v) is 15.7. The fourth-order valence-electron chi connectivity index (χ4n) is 1.80. The summed E-state index contributed by atoms with van der Waals surface area (Å²) < 4.78 is 0. The van der Waals surface area contributed by atoms with Gasteiger partial charge in [-0.3, -0.25) is 24.2 Å². The van der Waals surface area contributed by atoms with Gasteiger partial charge in [0.15, 0.2) is 5.96 Å². The zero-order valence-electron chi connectivity index (χ0n) is 14.8. The van der Waals surface area contributed by atoms with Gasteiger partial charge in [-0.15, -0.1) is 0 Å². The molecule has 0 bridgehead atoms. The first-order valence-corrected chi connectivity index (χ1v) is 8.79. The van der Waals surface area contributed by atoms with Crippen molar-refractivity contribution < 1.29 is 24.3 Å². The summed E-state index contributed by atoms with van der Waals surface area (Å²) in [7, 11) is 0. The van der Waals surface area contributed by atoms with Crippen molar-refractivity contribution in [3.05, 3.63) is 0 Å². The Kier molecular flexibility index (Phi) is 12.4. The van der Waals surface area contributed by atoms with Crippen LogP contribution in [-0.4, -0.2) is 72.2 Å². The van der Waals surface area contributed by atoms with E-state index in [9.17, 15) is 19.2 Å². The number of guanidine groups is 1. The molecule has 0 aromatic carbocycles. The van der Waals surface area contributed by atoms with E-state index in [1.54, 1.807) is 0 Å². The van der Waals surface area contributed by atoms with E-state index in [-0.39, 0.29) is 31.2 Å². The van der Waals surface area contributed by atoms with Crippen molar-refractivity contribution in [2.75, 3.05) is 25.4 Å². The van der Waals surface area contributed by atoms with Gasteiger partial charge in [-0.2, -0.15) is 12.6 Å². The molecule has 27 heavy (non-hydrogen) atoms. The van der Waals surface area contributed by atoms with Gasteiger partial charge >= 0.3 is 5.97 Å². The molecule has 2 unspecified atom stereocenters. The molecule has 0 rings (SSSR count). The lowest BCUT2D eigenvalue weighted by Crippen LogP contribution is -2.52. The highest BCUT2D eigenvalue weighted by molar-refractivity contribution is 7.80. The van der Waals surface area contributed by atoms with Gasteiger partial charge in [-0.05, 0) is 12.8 Å². The number of nitrogens with two attached hydrogens (primary N) is 3. The van der Waals surface area contributed by atoms with Crippen molar-refractivity contribution in [3.63, 3.8) is 0 Å². The Morgan fingerprint density at radius 3 is 2.33 bits per heavy atom. The molecule has 0 fully saturated rings. The first-order chi connectivity index (χ1) is 12.7. The summed E-state index contributed by atoms with van der Waals surface area (Å²) in [5.74, 6) is -2.80. The van der Waals surface area contributed by atoms with Crippen LogP contribution in [0.5, 0.6) is 0 Å². The smallest absolute Gasteiger partial charge is 0.305 e. The van der Waals surface area contributed by atoms with Gasteiger partial charge in [-0.1, -0.05) is 0 Å². The molecular formula is C14H27N7O5S. The van der Waals surface area contributed by atoms with E-state index >= 15 is 0 Å². The highest BCUT2D eigenvalue weighted by Gasteiger charge is 2.20. The van der Waals surface area contributed by atoms with Gasteiger partial charge in [0, 0.05) is 18.8 Å². The summed E-state index contributed by atoms with van der Waals surface area (Å²) in [5.41, 5.74) is 16.0. The Morgan fingerprint density at radius 2 is 1.78 bits per heavy atom. The molecule has 13 heteroatoms. The van der Waals surface area contributed by atoms with E-state index in [1.807, 2.05) is 0 Å². The Labute approximate surface area is 162 Å². The molecule has 154 valence electrons. The van der Waals surface area contributed by atoms with Crippen LogP contribution in [0.3, 0.4) is 0 Å². The molecular weight excluding hydrogens is 378 g/mol. The summed E-state index contributed by atoms with van der Waals surface area (Å²) in [5, 5.41) is 15.6. The normalized spacial score (nSPS) is 12.4. The third kappa shape index (κ3) is 12.4. The second-order valence-corrected chi connectivity index (χ2v) is 5.88. The van der Waals surface area contributed by atoms with E-state index in [4.69, 9.17) is 22.3 Å². The molecule has 12 nitrogen and oxygen atoms in total. The third-order valence-electron chi connectivity index (χ3n) is 3.20. The Morgan fingerprint density at radius 1 is 1.11 bits per heavy atom. The highest BCUT2D eigenvalue weighted by atomic mass is 32.1. The maximum Gasteiger partial charge on any atom is 0.305 e. The number of aliphatic carboxylic acids is 1. The molecule has 0 aliphatic heterocycles. The predicted octanol–water partition coefficient (Wildman–Crippen LogP) is -3.51. The average Bonchev–Trinajstić information content (AvgIpc) is 2.60. The van der Waals surface area contributed by atoms with Crippen LogP contribution in [0.1, 0.15) is 19.3 Å². The van der Waals surface area contributed by atoms with E-state index in [0.717, 1.165) is 0 Å². The SMILES string of the molecule is NC(N)=NCCCC(N)C(=O)NCC(=O)NC(CS)C(=O)NCCC(=O)O. The molecule has 0 aliphatic rings. The third-order valence-corrected chi connectivity index (χ3v) is 3.57. The van der Waals surface area contributed by atoms with Crippen molar-refractivity contribution in [2.24, 2.45) is 22.2 Å². The second kappa shape index (κ2) is 13.6. The highest BCUT2D eigenvalue weighted by Crippen LogP contribution is 1.95. The van der Waals surface area contributed by atoms with Crippen LogP contribution < -0.4 is 33.2 Å². The van der Waals surface area contributed by atoms with Crippen LogP contribution in [0.2, 0.25) is 0 Å². The van der Waals surface area contributed by atoms with Crippen LogP contribution in [0.15, 0.2) is 4.99 Å². The van der Waals surface area contributed by atoms with Gasteiger partial charge in [-0.25, -0.2) is 0 Å². The Balaban J connectivity index is 4.19. The first-order valence-electron chi connectivity index (χ1n) is 8.15. The largest absolute Gasteiger partial charge is 0.481 e. The van der Waals surface area contributed by atoms with Crippen LogP contribution in [0.4, 0.5) is 0 Å². The van der Waals surface area contributed by atoms with E-state index < -0.39 is 35.8 Å². The number of amides is 3. The number of nitrogens with zero attached hydrogens (tertiary/aromatic N) is 1. The Bertz CT molecular complexity index is 554. The summed E-state index contributed by atoms with van der Waals surface area (Å²) >= 11 is 3.97. The first kappa shape index (κ1) is 24.5. The molecule has 0 aliphatic carbocycles. The lowest BCUT2D eigenvalue weighted by atomic mass is 10.1. The second-order valence-electron chi connectivity index (χ2n) is 5.51. The topological polar surface area (TPSA) is 215 Å². The van der Waals surface area contributed by atoms with Gasteiger partial charge in [0.05, 0.1) is 19.0 Å². The van der Waals surface area contributed by atoms with Crippen molar-refractivity contribution in [2.45, 2.75) is 31.3 Å². The summed E-state index contributed by atoms with van der Waals surface area (Å²) in [6, 6.07) is -1.79. The number of carboxylic acids is 1. The van der Waals surface area contributed by atoms with Crippen LogP contribution >= 0.6 is 12.6 Å². The number of rotatable bonds is 13. The quantitative estimate of drug-likeness (QED) is 0.0663. The molecule has 10 N–H and O–H groups in total. The monoisotopic (exact) mass is 405 g/mol. The molecule has 3 amide bonds. The number of hydrogen-bond acceptors (Lipinski definition) is 7. The lowest BCUT2D eigenvalue weighted by Gasteiger charge is -2.17. The minimum absolute atomic E-state index is 0.00287. The average molecular weight is 405 g/mol. The minimum atomic E-state index is -1.06. The fraction of sp³-hybridized carbons (Fsp3) is 0.643. The van der Waals surface area contributed by atoms with Gasteiger partial charge in [0.1, 0.15) is 6.04 Å². The molecule has 0 saturated heterocycles. The molecule has 0 saturated carbocycles.